The second kappa shape index (κ2) is 6.49. The highest BCUT2D eigenvalue weighted by molar-refractivity contribution is 9.09. The predicted octanol–water partition coefficient (Wildman–Crippen LogP) is 1.93. The molecule has 1 N–H and O–H groups in total. The van der Waals surface area contributed by atoms with Gasteiger partial charge in [-0.2, -0.15) is 8.42 Å². The number of alkyl halides is 1. The summed E-state index contributed by atoms with van der Waals surface area (Å²) in [4.78, 5) is -0.0803. The fourth-order valence-corrected chi connectivity index (χ4v) is 2.29. The van der Waals surface area contributed by atoms with Gasteiger partial charge in [-0.3, -0.25) is 4.18 Å². The van der Waals surface area contributed by atoms with Crippen LogP contribution in [0.3, 0.4) is 0 Å². The lowest BCUT2D eigenvalue weighted by Crippen LogP contribution is -2.27. The van der Waals surface area contributed by atoms with Crippen LogP contribution in [-0.4, -0.2) is 31.1 Å². The van der Waals surface area contributed by atoms with Crippen LogP contribution in [0.15, 0.2) is 35.2 Å². The van der Waals surface area contributed by atoms with Crippen molar-refractivity contribution in [1.29, 1.82) is 0 Å². The average Bonchev–Trinajstić information content (AvgIpc) is 2.36. The molecule has 1 aromatic rings. The third kappa shape index (κ3) is 4.39. The van der Waals surface area contributed by atoms with Gasteiger partial charge < -0.3 is 5.11 Å². The van der Waals surface area contributed by atoms with Crippen molar-refractivity contribution in [3.8, 4) is 0 Å². The highest BCUT2D eigenvalue weighted by Gasteiger charge is 2.20. The standard InChI is InChI=1S/C11H15BrO4S/c1-2-10(12)11(13)8-16-17(14,15)9-6-4-3-5-7-9/h3-7,10-11,13H,2,8H2,1H3/t10-,11-/m0/s1. The van der Waals surface area contributed by atoms with Crippen LogP contribution in [0.1, 0.15) is 13.3 Å². The number of rotatable bonds is 6. The Balaban J connectivity index is 2.63. The molecule has 2 atom stereocenters. The Morgan fingerprint density at radius 3 is 2.47 bits per heavy atom. The Hall–Kier alpha value is -0.430. The van der Waals surface area contributed by atoms with Crippen molar-refractivity contribution < 1.29 is 17.7 Å². The van der Waals surface area contributed by atoms with Crippen molar-refractivity contribution >= 4 is 26.0 Å². The van der Waals surface area contributed by atoms with Gasteiger partial charge in [0.15, 0.2) is 0 Å². The van der Waals surface area contributed by atoms with Crippen LogP contribution >= 0.6 is 15.9 Å². The van der Waals surface area contributed by atoms with E-state index in [-0.39, 0.29) is 16.3 Å². The molecule has 0 amide bonds. The fourth-order valence-electron chi connectivity index (χ4n) is 1.19. The minimum atomic E-state index is -3.78. The van der Waals surface area contributed by atoms with Gasteiger partial charge in [0.2, 0.25) is 0 Å². The molecule has 0 heterocycles. The van der Waals surface area contributed by atoms with Gasteiger partial charge in [0, 0.05) is 4.83 Å². The second-order valence-electron chi connectivity index (χ2n) is 3.54. The molecule has 1 rings (SSSR count). The molecule has 0 bridgehead atoms. The summed E-state index contributed by atoms with van der Waals surface area (Å²) in [5.41, 5.74) is 0. The molecule has 17 heavy (non-hydrogen) atoms. The number of aliphatic hydroxyl groups is 1. The first-order chi connectivity index (χ1) is 7.97. The molecule has 0 radical (unpaired) electrons. The molecular weight excluding hydrogens is 308 g/mol. The molecule has 0 spiro atoms. The zero-order valence-electron chi connectivity index (χ0n) is 9.41. The summed E-state index contributed by atoms with van der Waals surface area (Å²) in [5, 5.41) is 9.59. The van der Waals surface area contributed by atoms with Crippen LogP contribution in [0.2, 0.25) is 0 Å². The Labute approximate surface area is 110 Å². The van der Waals surface area contributed by atoms with Gasteiger partial charge in [0.05, 0.1) is 17.6 Å². The lowest BCUT2D eigenvalue weighted by atomic mass is 10.2. The lowest BCUT2D eigenvalue weighted by Gasteiger charge is -2.15. The van der Waals surface area contributed by atoms with Gasteiger partial charge in [-0.25, -0.2) is 0 Å². The maximum Gasteiger partial charge on any atom is 0.297 e. The SMILES string of the molecule is CC[C@H](Br)[C@@H](O)COS(=O)(=O)c1ccccc1. The van der Waals surface area contributed by atoms with Crippen LogP contribution in [0.25, 0.3) is 0 Å². The van der Waals surface area contributed by atoms with E-state index in [9.17, 15) is 13.5 Å². The van der Waals surface area contributed by atoms with Gasteiger partial charge in [-0.15, -0.1) is 0 Å². The largest absolute Gasteiger partial charge is 0.390 e. The van der Waals surface area contributed by atoms with Gasteiger partial charge in [-0.1, -0.05) is 41.1 Å². The first kappa shape index (κ1) is 14.6. The first-order valence-electron chi connectivity index (χ1n) is 5.24. The molecule has 0 saturated carbocycles. The molecule has 0 aromatic heterocycles. The van der Waals surface area contributed by atoms with Crippen LogP contribution in [-0.2, 0) is 14.3 Å². The molecule has 0 aliphatic heterocycles. The van der Waals surface area contributed by atoms with E-state index in [1.54, 1.807) is 18.2 Å². The van der Waals surface area contributed by atoms with Crippen LogP contribution < -0.4 is 0 Å². The predicted molar refractivity (Wildman–Crippen MR) is 68.6 cm³/mol. The molecule has 96 valence electrons. The summed E-state index contributed by atoms with van der Waals surface area (Å²) in [7, 11) is -3.78. The normalized spacial score (nSPS) is 15.5. The summed E-state index contributed by atoms with van der Waals surface area (Å²) in [5.74, 6) is 0. The number of hydrogen-bond acceptors (Lipinski definition) is 4. The van der Waals surface area contributed by atoms with E-state index in [0.29, 0.717) is 6.42 Å². The minimum Gasteiger partial charge on any atom is -0.390 e. The minimum absolute atomic E-state index is 0.0924. The molecule has 0 fully saturated rings. The monoisotopic (exact) mass is 322 g/mol. The van der Waals surface area contributed by atoms with Crippen LogP contribution in [0.4, 0.5) is 0 Å². The van der Waals surface area contributed by atoms with E-state index in [1.165, 1.54) is 12.1 Å². The average molecular weight is 323 g/mol. The zero-order chi connectivity index (χ0) is 12.9. The zero-order valence-corrected chi connectivity index (χ0v) is 11.8. The maximum absolute atomic E-state index is 11.7. The Bertz CT molecular complexity index is 432. The molecular formula is C11H15BrO4S. The number of aliphatic hydroxyl groups excluding tert-OH is 1. The molecule has 0 unspecified atom stereocenters. The van der Waals surface area contributed by atoms with Gasteiger partial charge >= 0.3 is 0 Å². The summed E-state index contributed by atoms with van der Waals surface area (Å²) >= 11 is 3.24. The van der Waals surface area contributed by atoms with Crippen LogP contribution in [0.5, 0.6) is 0 Å². The lowest BCUT2D eigenvalue weighted by molar-refractivity contribution is 0.109. The smallest absolute Gasteiger partial charge is 0.297 e. The van der Waals surface area contributed by atoms with Crippen molar-refractivity contribution in [1.82, 2.24) is 0 Å². The van der Waals surface area contributed by atoms with E-state index >= 15 is 0 Å². The number of benzene rings is 1. The van der Waals surface area contributed by atoms with E-state index < -0.39 is 16.2 Å². The molecule has 0 aliphatic rings. The van der Waals surface area contributed by atoms with Crippen molar-refractivity contribution in [2.45, 2.75) is 29.2 Å². The maximum atomic E-state index is 11.7. The summed E-state index contributed by atoms with van der Waals surface area (Å²) in [6.07, 6.45) is -0.158. The molecule has 0 saturated heterocycles. The summed E-state index contributed by atoms with van der Waals surface area (Å²) < 4.78 is 28.2. The van der Waals surface area contributed by atoms with E-state index in [1.807, 2.05) is 6.92 Å². The summed E-state index contributed by atoms with van der Waals surface area (Å²) in [6, 6.07) is 7.86. The third-order valence-electron chi connectivity index (χ3n) is 2.23. The van der Waals surface area contributed by atoms with E-state index in [4.69, 9.17) is 4.18 Å². The van der Waals surface area contributed by atoms with Crippen LogP contribution in [0, 0.1) is 0 Å². The Morgan fingerprint density at radius 2 is 1.94 bits per heavy atom. The van der Waals surface area contributed by atoms with E-state index in [0.717, 1.165) is 0 Å². The number of halogens is 1. The first-order valence-corrected chi connectivity index (χ1v) is 7.56. The molecule has 6 heteroatoms. The van der Waals surface area contributed by atoms with Gasteiger partial charge in [0.25, 0.3) is 10.1 Å². The highest BCUT2D eigenvalue weighted by atomic mass is 79.9. The highest BCUT2D eigenvalue weighted by Crippen LogP contribution is 2.15. The third-order valence-corrected chi connectivity index (χ3v) is 4.79. The van der Waals surface area contributed by atoms with Crippen molar-refractivity contribution in [2.75, 3.05) is 6.61 Å². The molecule has 1 aromatic carbocycles. The van der Waals surface area contributed by atoms with Crippen molar-refractivity contribution in [3.05, 3.63) is 30.3 Å². The molecule has 0 aliphatic carbocycles. The van der Waals surface area contributed by atoms with E-state index in [2.05, 4.69) is 15.9 Å². The Morgan fingerprint density at radius 1 is 1.35 bits per heavy atom. The molecule has 4 nitrogen and oxygen atoms in total. The van der Waals surface area contributed by atoms with Crippen molar-refractivity contribution in [3.63, 3.8) is 0 Å². The topological polar surface area (TPSA) is 63.6 Å². The second-order valence-corrected chi connectivity index (χ2v) is 6.33. The quantitative estimate of drug-likeness (QED) is 0.642. The fraction of sp³-hybridized carbons (Fsp3) is 0.455. The van der Waals surface area contributed by atoms with Crippen molar-refractivity contribution in [2.24, 2.45) is 0 Å². The summed E-state index contributed by atoms with van der Waals surface area (Å²) in [6.45, 7) is 1.63. The Kier molecular flexibility index (Phi) is 5.58. The van der Waals surface area contributed by atoms with Gasteiger partial charge in [-0.05, 0) is 18.6 Å². The number of hydrogen-bond donors (Lipinski definition) is 1. The van der Waals surface area contributed by atoms with Gasteiger partial charge in [0.1, 0.15) is 0 Å².